The number of nitrogens with zero attached hydrogens (tertiary/aromatic N) is 1. The molecule has 0 spiro atoms. The molecule has 4 aromatic rings. The highest BCUT2D eigenvalue weighted by molar-refractivity contribution is 14.1. The SMILES string of the molecule is C.CC(=O)Cc1cccc(Cl)c1.CC1C(c2ccccc2)CC(NC(=O)OC(C)(C)C)C(=O)N1CCOCCO.COC(=O)C(CC(C(C)=O)c1cccc(Cl)c1)NC(=O)OC(C)(C)C.COC(=O)C(CC(C(C)=O)c1ccccc1)NC(=O)OC(C)(C)C.COC(=O)[C@H](CI)NC(=O)OC(C)(C)C.FF.I.NCCOCCO. The number of ether oxygens (including phenoxy) is 9. The zero-order valence-electron chi connectivity index (χ0n) is 68.1. The lowest BCUT2D eigenvalue weighted by Crippen LogP contribution is -2.59. The first kappa shape index (κ1) is 113. The van der Waals surface area contributed by atoms with Gasteiger partial charge < -0.3 is 84.7 Å². The van der Waals surface area contributed by atoms with Crippen LogP contribution in [0.2, 0.25) is 10.0 Å². The molecule has 1 saturated heterocycles. The molecule has 34 heteroatoms. The third-order valence-electron chi connectivity index (χ3n) is 14.7. The van der Waals surface area contributed by atoms with Gasteiger partial charge in [0.25, 0.3) is 0 Å². The van der Waals surface area contributed by atoms with Crippen LogP contribution in [-0.4, -0.2) is 212 Å². The summed E-state index contributed by atoms with van der Waals surface area (Å²) in [7, 11) is 3.73. The number of alkyl halides is 1. The molecule has 8 atom stereocenters. The van der Waals surface area contributed by atoms with Crippen molar-refractivity contribution in [2.24, 2.45) is 5.73 Å². The largest absolute Gasteiger partial charge is 0.467 e. The highest BCUT2D eigenvalue weighted by atomic mass is 127. The number of esters is 3. The van der Waals surface area contributed by atoms with Crippen LogP contribution in [0.3, 0.4) is 0 Å². The summed E-state index contributed by atoms with van der Waals surface area (Å²) in [5, 5.41) is 28.3. The van der Waals surface area contributed by atoms with Gasteiger partial charge in [0.1, 0.15) is 63.9 Å². The maximum Gasteiger partial charge on any atom is 0.408 e. The van der Waals surface area contributed by atoms with E-state index in [2.05, 4.69) is 26.0 Å². The number of rotatable bonds is 28. The number of nitrogens with two attached hydrogens (primary N) is 1. The Kier molecular flexibility index (Phi) is 59.5. The summed E-state index contributed by atoms with van der Waals surface area (Å²) >= 11 is 13.7. The van der Waals surface area contributed by atoms with E-state index >= 15 is 0 Å². The zero-order valence-corrected chi connectivity index (χ0v) is 74.1. The highest BCUT2D eigenvalue weighted by Gasteiger charge is 2.41. The Labute approximate surface area is 711 Å². The monoisotopic (exact) mass is 1880 g/mol. The topological polar surface area (TPSA) is 389 Å². The number of methoxy groups -OCH3 is 3. The molecule has 5 amide bonds. The minimum Gasteiger partial charge on any atom is -0.467 e. The van der Waals surface area contributed by atoms with Gasteiger partial charge in [-0.15, -0.1) is 24.0 Å². The fourth-order valence-electron chi connectivity index (χ4n) is 10.0. The second-order valence-corrected chi connectivity index (χ2v) is 30.5. The predicted octanol–water partition coefficient (Wildman–Crippen LogP) is 13.6. The minimum atomic E-state index is -1.02. The molecule has 7 unspecified atom stereocenters. The van der Waals surface area contributed by atoms with E-state index in [1.807, 2.05) is 108 Å². The Balaban J connectivity index is -0.000000659. The lowest BCUT2D eigenvalue weighted by atomic mass is 9.82. The third-order valence-corrected chi connectivity index (χ3v) is 16.0. The van der Waals surface area contributed by atoms with E-state index in [1.165, 1.54) is 35.2 Å². The van der Waals surface area contributed by atoms with Gasteiger partial charge in [0.05, 0.1) is 61.0 Å². The average Bonchev–Trinajstić information content (AvgIpc) is 0.788. The third kappa shape index (κ3) is 52.2. The number of carbonyl (C=O) groups excluding carboxylic acids is 11. The number of hydrogen-bond acceptors (Lipinski definition) is 23. The maximum atomic E-state index is 13.0. The molecule has 5 rings (SSSR count). The zero-order chi connectivity index (χ0) is 86.1. The number of piperidine rings is 1. The number of likely N-dealkylation sites (tertiary alicyclic amines) is 1. The van der Waals surface area contributed by atoms with Gasteiger partial charge in [-0.05, 0) is 177 Å². The summed E-state index contributed by atoms with van der Waals surface area (Å²) in [4.78, 5) is 132. The van der Waals surface area contributed by atoms with Crippen molar-refractivity contribution in [1.29, 1.82) is 0 Å². The predicted molar refractivity (Wildman–Crippen MR) is 452 cm³/mol. The Morgan fingerprint density at radius 2 is 0.930 bits per heavy atom. The van der Waals surface area contributed by atoms with Crippen molar-refractivity contribution < 1.29 is 115 Å². The number of hydrogen-bond donors (Lipinski definition) is 7. The van der Waals surface area contributed by atoms with Crippen LogP contribution in [0.15, 0.2) is 109 Å². The van der Waals surface area contributed by atoms with E-state index in [0.29, 0.717) is 65.8 Å². The molecular formula is C80H122Cl2F2I2N6O22. The number of carbonyl (C=O) groups is 11. The van der Waals surface area contributed by atoms with Gasteiger partial charge >= 0.3 is 42.3 Å². The van der Waals surface area contributed by atoms with Crippen LogP contribution in [0.1, 0.15) is 177 Å². The average molecular weight is 1880 g/mol. The van der Waals surface area contributed by atoms with Gasteiger partial charge in [0, 0.05) is 66.9 Å². The number of benzene rings is 4. The molecule has 0 saturated carbocycles. The number of halogens is 6. The lowest BCUT2D eigenvalue weighted by Gasteiger charge is -2.43. The van der Waals surface area contributed by atoms with Gasteiger partial charge in [-0.3, -0.25) is 19.2 Å². The summed E-state index contributed by atoms with van der Waals surface area (Å²) in [6, 6.07) is 29.9. The van der Waals surface area contributed by atoms with E-state index in [1.54, 1.807) is 125 Å². The van der Waals surface area contributed by atoms with Crippen molar-refractivity contribution in [3.63, 3.8) is 0 Å². The van der Waals surface area contributed by atoms with Crippen LogP contribution in [0.25, 0.3) is 0 Å². The summed E-state index contributed by atoms with van der Waals surface area (Å²) in [5.74, 6) is -3.04. The van der Waals surface area contributed by atoms with Crippen LogP contribution in [-0.2, 0) is 82.6 Å². The number of aliphatic hydroxyl groups is 2. The lowest BCUT2D eigenvalue weighted by molar-refractivity contribution is -0.144. The van der Waals surface area contributed by atoms with Crippen LogP contribution in [0.5, 0.6) is 0 Å². The summed E-state index contributed by atoms with van der Waals surface area (Å²) in [6.45, 7) is 29.9. The Morgan fingerprint density at radius 3 is 1.31 bits per heavy atom. The van der Waals surface area contributed by atoms with Crippen LogP contribution < -0.4 is 27.0 Å². The van der Waals surface area contributed by atoms with E-state index in [4.69, 9.17) is 86.2 Å². The molecule has 8 N–H and O–H groups in total. The standard InChI is InChI=1S/C21H32N2O5.C18H24ClNO5.C18H25NO5.C9H9ClO.C9H16INO4.C4H11NO2.CH4.F2.HI/c1-15-17(16-8-6-5-7-9-16)14-18(22-20(26)28-21(2,3)4)19(25)23(15)10-12-27-13-11-24;1-11(21)14(12-7-6-8-13(19)9-12)10-15(16(22)24-5)20-17(23)25-18(2,3)4;1-12(20)14(13-9-7-6-8-10-13)11-15(16(21)23-5)19-17(22)24-18(2,3)4;1-7(11)5-8-3-2-4-9(10)6-8;1-9(2,3)15-8(13)11-6(5-10)7(12)14-4;5-1-3-7-4-2-6;;1-2;/h5-9,15,17-18,24H,10-14H2,1-4H3,(H,22,26);6-9,14-15H,10H2,1-5H3,(H,20,23);6-10,14-15H,11H2,1-5H3,(H,19,22);2-4,6H,5H2,1H3;6H,5H2,1-4H3,(H,11,13);6H,1-5H2;1H4;;1H/t;;;;6-;;;;/m....0..../s1. The van der Waals surface area contributed by atoms with E-state index in [0.717, 1.165) is 16.7 Å². The number of alkyl carbamates (subject to hydrolysis) is 4. The number of ketones is 3. The quantitative estimate of drug-likeness (QED) is 0.00913. The van der Waals surface area contributed by atoms with E-state index in [9.17, 15) is 52.7 Å². The number of amides is 5. The number of Topliss-reactive ketones (excluding diaryl/α,β-unsaturated/α-hetero) is 3. The molecule has 114 heavy (non-hydrogen) atoms. The van der Waals surface area contributed by atoms with E-state index < -0.39 is 101 Å². The van der Waals surface area contributed by atoms with Crippen LogP contribution in [0.4, 0.5) is 28.3 Å². The Bertz CT molecular complexity index is 3480. The second-order valence-electron chi connectivity index (χ2n) is 28.8. The summed E-state index contributed by atoms with van der Waals surface area (Å²) < 4.78 is 61.2. The molecule has 28 nitrogen and oxygen atoms in total. The van der Waals surface area contributed by atoms with Crippen LogP contribution >= 0.6 is 69.8 Å². The van der Waals surface area contributed by atoms with Crippen molar-refractivity contribution in [2.45, 2.75) is 214 Å². The molecule has 646 valence electrons. The first-order chi connectivity index (χ1) is 52.3. The Morgan fingerprint density at radius 1 is 0.553 bits per heavy atom. The number of nitrogens with one attached hydrogen (secondary N) is 4. The van der Waals surface area contributed by atoms with E-state index in [-0.39, 0.29) is 99.3 Å². The molecule has 1 aliphatic rings. The highest BCUT2D eigenvalue weighted by Crippen LogP contribution is 2.34. The molecule has 1 fully saturated rings. The van der Waals surface area contributed by atoms with Crippen molar-refractivity contribution in [3.8, 4) is 0 Å². The van der Waals surface area contributed by atoms with Gasteiger partial charge in [0.2, 0.25) is 5.91 Å². The number of aliphatic hydroxyl groups excluding tert-OH is 2. The molecule has 1 heterocycles. The second kappa shape index (κ2) is 60.1. The van der Waals surface area contributed by atoms with Gasteiger partial charge in [-0.2, -0.15) is 0 Å². The van der Waals surface area contributed by atoms with Crippen molar-refractivity contribution in [1.82, 2.24) is 26.2 Å². The van der Waals surface area contributed by atoms with Crippen molar-refractivity contribution in [3.05, 3.63) is 141 Å². The molecule has 0 radical (unpaired) electrons. The van der Waals surface area contributed by atoms with Crippen molar-refractivity contribution >= 4 is 135 Å². The Hall–Kier alpha value is -7.45. The first-order valence-electron chi connectivity index (χ1n) is 35.7. The normalized spacial score (nSPS) is 14.7. The first-order valence-corrected chi connectivity index (χ1v) is 38.0. The molecule has 0 bridgehead atoms. The van der Waals surface area contributed by atoms with Crippen molar-refractivity contribution in [2.75, 3.05) is 78.5 Å². The fraction of sp³-hybridized carbons (Fsp3) is 0.562. The molecule has 4 aromatic carbocycles. The van der Waals surface area contributed by atoms with Crippen LogP contribution in [0, 0.1) is 0 Å². The molecule has 1 aliphatic heterocycles. The van der Waals surface area contributed by atoms with Gasteiger partial charge in [-0.1, -0.05) is 138 Å². The smallest absolute Gasteiger partial charge is 0.408 e. The minimum absolute atomic E-state index is 0. The van der Waals surface area contributed by atoms with Gasteiger partial charge in [-0.25, -0.2) is 33.6 Å². The molecular weight excluding hydrogens is 1760 g/mol. The summed E-state index contributed by atoms with van der Waals surface area (Å²) in [5.41, 5.74) is 6.01. The van der Waals surface area contributed by atoms with Gasteiger partial charge in [0.15, 0.2) is 0 Å². The maximum absolute atomic E-state index is 13.0. The fourth-order valence-corrected chi connectivity index (χ4v) is 11.0. The molecule has 0 aromatic heterocycles. The molecule has 0 aliphatic carbocycles. The summed E-state index contributed by atoms with van der Waals surface area (Å²) in [6.07, 6.45) is -1.56.